The monoisotopic (exact) mass is 284 g/mol. The van der Waals surface area contributed by atoms with Crippen molar-refractivity contribution in [3.05, 3.63) is 29.8 Å². The van der Waals surface area contributed by atoms with Crippen molar-refractivity contribution in [2.75, 3.05) is 0 Å². The van der Waals surface area contributed by atoms with E-state index < -0.39 is 10.1 Å². The van der Waals surface area contributed by atoms with Gasteiger partial charge in [-0.25, -0.2) is 8.42 Å². The molecule has 1 atom stereocenters. The Morgan fingerprint density at radius 1 is 1.41 bits per heavy atom. The van der Waals surface area contributed by atoms with Crippen LogP contribution in [0.15, 0.2) is 29.2 Å². The Bertz CT molecular complexity index is 448. The summed E-state index contributed by atoms with van der Waals surface area (Å²) >= 11 is 6.05. The molecular weight excluding hydrogens is 271 g/mol. The van der Waals surface area contributed by atoms with Gasteiger partial charge in [-0.2, -0.15) is 0 Å². The van der Waals surface area contributed by atoms with Crippen LogP contribution in [0.2, 0.25) is 0 Å². The Labute approximate surface area is 130 Å². The summed E-state index contributed by atoms with van der Waals surface area (Å²) in [4.78, 5) is -0.189. The first-order chi connectivity index (χ1) is 7.43. The SMILES string of the molecule is CCCC(Cl)Cc1cccc(S(=O)(=O)[O-])c1.[Na+]. The molecule has 90 valence electrons. The molecule has 17 heavy (non-hydrogen) atoms. The topological polar surface area (TPSA) is 57.2 Å². The molecular formula is C11H14ClNaO3S. The predicted octanol–water partition coefficient (Wildman–Crippen LogP) is -0.455. The summed E-state index contributed by atoms with van der Waals surface area (Å²) in [7, 11) is -4.37. The number of rotatable bonds is 5. The van der Waals surface area contributed by atoms with E-state index in [1.807, 2.05) is 6.92 Å². The second kappa shape index (κ2) is 7.77. The number of hydrogen-bond acceptors (Lipinski definition) is 3. The van der Waals surface area contributed by atoms with Gasteiger partial charge in [0.1, 0.15) is 10.1 Å². The molecule has 1 aromatic rings. The average molecular weight is 285 g/mol. The summed E-state index contributed by atoms with van der Waals surface area (Å²) in [6.07, 6.45) is 2.43. The number of halogens is 1. The largest absolute Gasteiger partial charge is 1.00 e. The first kappa shape index (κ1) is 17.4. The van der Waals surface area contributed by atoms with Crippen molar-refractivity contribution in [2.45, 2.75) is 36.5 Å². The fourth-order valence-corrected chi connectivity index (χ4v) is 2.44. The van der Waals surface area contributed by atoms with E-state index in [2.05, 4.69) is 0 Å². The van der Waals surface area contributed by atoms with Gasteiger partial charge < -0.3 is 4.55 Å². The molecule has 6 heteroatoms. The average Bonchev–Trinajstić information content (AvgIpc) is 2.17. The first-order valence-electron chi connectivity index (χ1n) is 5.12. The van der Waals surface area contributed by atoms with E-state index in [4.69, 9.17) is 11.6 Å². The minimum absolute atomic E-state index is 0. The summed E-state index contributed by atoms with van der Waals surface area (Å²) in [6, 6.07) is 6.04. The maximum atomic E-state index is 10.8. The van der Waals surface area contributed by atoms with Crippen LogP contribution in [0, 0.1) is 0 Å². The maximum Gasteiger partial charge on any atom is 1.00 e. The molecule has 1 aromatic carbocycles. The van der Waals surface area contributed by atoms with Crippen molar-refractivity contribution in [1.82, 2.24) is 0 Å². The van der Waals surface area contributed by atoms with Crippen LogP contribution in [0.1, 0.15) is 25.3 Å². The molecule has 0 amide bonds. The molecule has 0 aliphatic heterocycles. The van der Waals surface area contributed by atoms with Crippen LogP contribution in [0.3, 0.4) is 0 Å². The zero-order valence-electron chi connectivity index (χ0n) is 10.0. The first-order valence-corrected chi connectivity index (χ1v) is 6.97. The van der Waals surface area contributed by atoms with E-state index in [1.54, 1.807) is 12.1 Å². The van der Waals surface area contributed by atoms with Gasteiger partial charge in [-0.05, 0) is 30.5 Å². The fourth-order valence-electron chi connectivity index (χ4n) is 1.50. The Kier molecular flexibility index (Phi) is 7.96. The summed E-state index contributed by atoms with van der Waals surface area (Å²) in [6.45, 7) is 2.04. The molecule has 0 N–H and O–H groups in total. The normalized spacial score (nSPS) is 12.9. The van der Waals surface area contributed by atoms with Gasteiger partial charge in [0.2, 0.25) is 0 Å². The molecule has 0 heterocycles. The van der Waals surface area contributed by atoms with Crippen LogP contribution >= 0.6 is 11.6 Å². The molecule has 0 aliphatic carbocycles. The quantitative estimate of drug-likeness (QED) is 0.418. The summed E-state index contributed by atoms with van der Waals surface area (Å²) < 4.78 is 32.4. The van der Waals surface area contributed by atoms with Crippen LogP contribution in [0.25, 0.3) is 0 Å². The van der Waals surface area contributed by atoms with Gasteiger partial charge in [0.05, 0.1) is 4.90 Å². The van der Waals surface area contributed by atoms with Gasteiger partial charge in [0.25, 0.3) is 0 Å². The van der Waals surface area contributed by atoms with Crippen molar-refractivity contribution in [3.63, 3.8) is 0 Å². The molecule has 0 spiro atoms. The molecule has 1 rings (SSSR count). The van der Waals surface area contributed by atoms with Gasteiger partial charge >= 0.3 is 29.6 Å². The summed E-state index contributed by atoms with van der Waals surface area (Å²) in [5.41, 5.74) is 0.783. The molecule has 0 radical (unpaired) electrons. The third-order valence-corrected chi connectivity index (χ3v) is 3.45. The van der Waals surface area contributed by atoms with E-state index in [0.29, 0.717) is 6.42 Å². The third-order valence-electron chi connectivity index (χ3n) is 2.25. The summed E-state index contributed by atoms with van der Waals surface area (Å²) in [5, 5.41) is -0.0189. The Morgan fingerprint density at radius 3 is 2.59 bits per heavy atom. The molecule has 0 saturated heterocycles. The molecule has 0 bridgehead atoms. The Morgan fingerprint density at radius 2 is 2.06 bits per heavy atom. The predicted molar refractivity (Wildman–Crippen MR) is 62.7 cm³/mol. The van der Waals surface area contributed by atoms with E-state index in [1.165, 1.54) is 12.1 Å². The van der Waals surface area contributed by atoms with E-state index in [9.17, 15) is 13.0 Å². The van der Waals surface area contributed by atoms with Crippen LogP contribution in [0.5, 0.6) is 0 Å². The van der Waals surface area contributed by atoms with Gasteiger partial charge in [0, 0.05) is 5.38 Å². The van der Waals surface area contributed by atoms with E-state index in [-0.39, 0.29) is 39.8 Å². The molecule has 1 unspecified atom stereocenters. The van der Waals surface area contributed by atoms with Crippen LogP contribution in [0.4, 0.5) is 0 Å². The van der Waals surface area contributed by atoms with Crippen molar-refractivity contribution < 1.29 is 42.5 Å². The smallest absolute Gasteiger partial charge is 0.744 e. The fraction of sp³-hybridized carbons (Fsp3) is 0.455. The van der Waals surface area contributed by atoms with Crippen molar-refractivity contribution in [1.29, 1.82) is 0 Å². The van der Waals surface area contributed by atoms with Crippen molar-refractivity contribution >= 4 is 21.7 Å². The third kappa shape index (κ3) is 6.22. The second-order valence-electron chi connectivity index (χ2n) is 3.69. The zero-order chi connectivity index (χ0) is 12.2. The maximum absolute atomic E-state index is 10.8. The van der Waals surface area contributed by atoms with Crippen LogP contribution < -0.4 is 29.6 Å². The minimum atomic E-state index is -4.37. The van der Waals surface area contributed by atoms with Crippen LogP contribution in [-0.2, 0) is 16.5 Å². The number of alkyl halides is 1. The standard InChI is InChI=1S/C11H15ClO3S.Na/c1-2-4-10(12)7-9-5-3-6-11(8-9)16(13,14)15;/h3,5-6,8,10H,2,4,7H2,1H3,(H,13,14,15);/q;+1/p-1. The molecule has 3 nitrogen and oxygen atoms in total. The Hall–Kier alpha value is 0.420. The number of hydrogen-bond donors (Lipinski definition) is 0. The molecule has 0 aromatic heterocycles. The molecule has 0 aliphatic rings. The van der Waals surface area contributed by atoms with Gasteiger partial charge in [-0.3, -0.25) is 0 Å². The van der Waals surface area contributed by atoms with Crippen molar-refractivity contribution in [3.8, 4) is 0 Å². The van der Waals surface area contributed by atoms with E-state index >= 15 is 0 Å². The second-order valence-corrected chi connectivity index (χ2v) is 5.69. The van der Waals surface area contributed by atoms with Gasteiger partial charge in [-0.15, -0.1) is 11.6 Å². The van der Waals surface area contributed by atoms with Gasteiger partial charge in [-0.1, -0.05) is 25.5 Å². The molecule has 0 fully saturated rings. The van der Waals surface area contributed by atoms with E-state index in [0.717, 1.165) is 18.4 Å². The zero-order valence-corrected chi connectivity index (χ0v) is 13.6. The molecule has 0 saturated carbocycles. The summed E-state index contributed by atoms with van der Waals surface area (Å²) in [5.74, 6) is 0. The van der Waals surface area contributed by atoms with Crippen LogP contribution in [-0.4, -0.2) is 18.3 Å². The van der Waals surface area contributed by atoms with Gasteiger partial charge in [0.15, 0.2) is 0 Å². The Balaban J connectivity index is 0.00000256. The number of benzene rings is 1. The minimum Gasteiger partial charge on any atom is -0.744 e. The van der Waals surface area contributed by atoms with Crippen molar-refractivity contribution in [2.24, 2.45) is 0 Å².